The Kier molecular flexibility index (Phi) is 2.59. The zero-order valence-electron chi connectivity index (χ0n) is 10.2. The first-order valence-corrected chi connectivity index (χ1v) is 5.83. The molecule has 0 bridgehead atoms. The van der Waals surface area contributed by atoms with Crippen molar-refractivity contribution in [3.05, 3.63) is 34.9 Å². The van der Waals surface area contributed by atoms with Gasteiger partial charge in [0, 0.05) is 11.5 Å². The van der Waals surface area contributed by atoms with Crippen molar-refractivity contribution in [3.63, 3.8) is 0 Å². The molecule has 1 heterocycles. The van der Waals surface area contributed by atoms with Crippen LogP contribution in [-0.4, -0.2) is 12.1 Å². The molecule has 0 saturated carbocycles. The van der Waals surface area contributed by atoms with Crippen molar-refractivity contribution in [3.8, 4) is 0 Å². The first kappa shape index (κ1) is 10.7. The Labute approximate surface area is 92.9 Å². The number of nitrogens with one attached hydrogen (secondary N) is 1. The molecule has 0 spiro atoms. The summed E-state index contributed by atoms with van der Waals surface area (Å²) in [5.41, 5.74) is 4.66. The van der Waals surface area contributed by atoms with Crippen LogP contribution in [0.2, 0.25) is 0 Å². The summed E-state index contributed by atoms with van der Waals surface area (Å²) in [6, 6.07) is 6.68. The Morgan fingerprint density at radius 2 is 2.00 bits per heavy atom. The molecule has 1 saturated heterocycles. The van der Waals surface area contributed by atoms with Gasteiger partial charge in [0.15, 0.2) is 0 Å². The van der Waals surface area contributed by atoms with Crippen LogP contribution in [0.15, 0.2) is 18.2 Å². The molecule has 0 aliphatic carbocycles. The van der Waals surface area contributed by atoms with E-state index < -0.39 is 0 Å². The first-order chi connectivity index (χ1) is 7.02. The molecule has 1 heteroatoms. The maximum absolute atomic E-state index is 3.59. The van der Waals surface area contributed by atoms with Crippen LogP contribution in [0.25, 0.3) is 0 Å². The van der Waals surface area contributed by atoms with Crippen LogP contribution in [0.1, 0.15) is 42.9 Å². The lowest BCUT2D eigenvalue weighted by Crippen LogP contribution is -2.37. The van der Waals surface area contributed by atoms with Crippen molar-refractivity contribution in [1.82, 2.24) is 5.32 Å². The molecule has 0 amide bonds. The molecule has 1 nitrogen and oxygen atoms in total. The fourth-order valence-corrected chi connectivity index (χ4v) is 2.72. The van der Waals surface area contributed by atoms with Gasteiger partial charge in [0.25, 0.3) is 0 Å². The van der Waals surface area contributed by atoms with Crippen molar-refractivity contribution in [2.45, 2.75) is 45.6 Å². The summed E-state index contributed by atoms with van der Waals surface area (Å²) in [6.45, 7) is 10.2. The quantitative estimate of drug-likeness (QED) is 0.739. The molecule has 0 radical (unpaired) electrons. The van der Waals surface area contributed by atoms with Gasteiger partial charge in [0.2, 0.25) is 0 Å². The average Bonchev–Trinajstić information content (AvgIpc) is 2.50. The number of hydrogen-bond acceptors (Lipinski definition) is 1. The number of hydrogen-bond donors (Lipinski definition) is 1. The van der Waals surface area contributed by atoms with Crippen LogP contribution in [0, 0.1) is 13.8 Å². The maximum atomic E-state index is 3.59. The molecule has 0 aromatic heterocycles. The monoisotopic (exact) mass is 203 g/mol. The summed E-state index contributed by atoms with van der Waals surface area (Å²) in [4.78, 5) is 0. The second-order valence-electron chi connectivity index (χ2n) is 5.28. The Bertz CT molecular complexity index is 366. The second kappa shape index (κ2) is 3.64. The molecule has 2 rings (SSSR count). The lowest BCUT2D eigenvalue weighted by atomic mass is 9.80. The van der Waals surface area contributed by atoms with Crippen LogP contribution < -0.4 is 5.32 Å². The van der Waals surface area contributed by atoms with Gasteiger partial charge in [-0.2, -0.15) is 0 Å². The summed E-state index contributed by atoms with van der Waals surface area (Å²) in [7, 11) is 0. The van der Waals surface area contributed by atoms with Gasteiger partial charge < -0.3 is 5.32 Å². The second-order valence-corrected chi connectivity index (χ2v) is 5.28. The van der Waals surface area contributed by atoms with Gasteiger partial charge in [-0.3, -0.25) is 0 Å². The van der Waals surface area contributed by atoms with Gasteiger partial charge in [-0.05, 0) is 57.4 Å². The molecule has 1 aromatic rings. The van der Waals surface area contributed by atoms with E-state index in [0.717, 1.165) is 6.54 Å². The molecule has 1 aromatic carbocycles. The van der Waals surface area contributed by atoms with Crippen molar-refractivity contribution in [2.24, 2.45) is 0 Å². The lowest BCUT2D eigenvalue weighted by molar-refractivity contribution is 0.410. The smallest absolute Gasteiger partial charge is 0.0194 e. The molecular formula is C14H21N. The highest BCUT2D eigenvalue weighted by Gasteiger charge is 2.35. The minimum Gasteiger partial charge on any atom is -0.311 e. The third kappa shape index (κ3) is 1.81. The van der Waals surface area contributed by atoms with Crippen LogP contribution in [-0.2, 0) is 0 Å². The van der Waals surface area contributed by atoms with Gasteiger partial charge in [-0.15, -0.1) is 0 Å². The molecule has 1 atom stereocenters. The Hall–Kier alpha value is -0.820. The largest absolute Gasteiger partial charge is 0.311 e. The predicted octanol–water partition coefficient (Wildman–Crippen LogP) is 3.16. The van der Waals surface area contributed by atoms with Crippen molar-refractivity contribution >= 4 is 0 Å². The van der Waals surface area contributed by atoms with Crippen molar-refractivity contribution in [2.75, 3.05) is 6.54 Å². The molecule has 1 N–H and O–H groups in total. The summed E-state index contributed by atoms with van der Waals surface area (Å²) in [5, 5.41) is 3.59. The average molecular weight is 203 g/mol. The minimum absolute atomic E-state index is 0.249. The summed E-state index contributed by atoms with van der Waals surface area (Å²) >= 11 is 0. The number of rotatable bonds is 1. The SMILES string of the molecule is Cc1cccc(C2CCNC2(C)C)c1C. The zero-order valence-corrected chi connectivity index (χ0v) is 10.2. The normalized spacial score (nSPS) is 24.4. The fourth-order valence-electron chi connectivity index (χ4n) is 2.72. The summed E-state index contributed by atoms with van der Waals surface area (Å²) in [6.07, 6.45) is 1.26. The third-order valence-corrected chi connectivity index (χ3v) is 3.91. The third-order valence-electron chi connectivity index (χ3n) is 3.91. The van der Waals surface area contributed by atoms with E-state index in [1.54, 1.807) is 0 Å². The van der Waals surface area contributed by atoms with E-state index in [9.17, 15) is 0 Å². The first-order valence-electron chi connectivity index (χ1n) is 5.83. The molecule has 15 heavy (non-hydrogen) atoms. The topological polar surface area (TPSA) is 12.0 Å². The highest BCUT2D eigenvalue weighted by Crippen LogP contribution is 2.37. The molecule has 1 aliphatic heterocycles. The van der Waals surface area contributed by atoms with E-state index in [1.807, 2.05) is 0 Å². The lowest BCUT2D eigenvalue weighted by Gasteiger charge is -2.29. The van der Waals surface area contributed by atoms with Crippen LogP contribution in [0.3, 0.4) is 0 Å². The van der Waals surface area contributed by atoms with E-state index in [4.69, 9.17) is 0 Å². The van der Waals surface area contributed by atoms with Crippen LogP contribution in [0.4, 0.5) is 0 Å². The van der Waals surface area contributed by atoms with E-state index in [1.165, 1.54) is 23.1 Å². The Morgan fingerprint density at radius 3 is 2.60 bits per heavy atom. The standard InChI is InChI=1S/C14H21N/c1-10-6-5-7-12(11(10)2)13-8-9-15-14(13,3)4/h5-7,13,15H,8-9H2,1-4H3. The molecule has 1 fully saturated rings. The van der Waals surface area contributed by atoms with Gasteiger partial charge in [0.1, 0.15) is 0 Å². The Morgan fingerprint density at radius 1 is 1.27 bits per heavy atom. The van der Waals surface area contributed by atoms with E-state index in [-0.39, 0.29) is 5.54 Å². The van der Waals surface area contributed by atoms with E-state index in [2.05, 4.69) is 51.2 Å². The maximum Gasteiger partial charge on any atom is 0.0194 e. The highest BCUT2D eigenvalue weighted by molar-refractivity contribution is 5.38. The summed E-state index contributed by atoms with van der Waals surface area (Å²) in [5.74, 6) is 0.664. The molecule has 82 valence electrons. The van der Waals surface area contributed by atoms with Gasteiger partial charge in [0.05, 0.1) is 0 Å². The Balaban J connectivity index is 2.41. The van der Waals surface area contributed by atoms with Gasteiger partial charge in [-0.25, -0.2) is 0 Å². The zero-order chi connectivity index (χ0) is 11.1. The predicted molar refractivity (Wildman–Crippen MR) is 65.4 cm³/mol. The van der Waals surface area contributed by atoms with Crippen molar-refractivity contribution in [1.29, 1.82) is 0 Å². The summed E-state index contributed by atoms with van der Waals surface area (Å²) < 4.78 is 0. The van der Waals surface area contributed by atoms with Gasteiger partial charge >= 0.3 is 0 Å². The van der Waals surface area contributed by atoms with Crippen molar-refractivity contribution < 1.29 is 0 Å². The van der Waals surface area contributed by atoms with Crippen LogP contribution >= 0.6 is 0 Å². The number of benzene rings is 1. The molecule has 1 aliphatic rings. The number of aryl methyl sites for hydroxylation is 1. The van der Waals surface area contributed by atoms with E-state index >= 15 is 0 Å². The molecular weight excluding hydrogens is 182 g/mol. The molecule has 1 unspecified atom stereocenters. The van der Waals surface area contributed by atoms with E-state index in [0.29, 0.717) is 5.92 Å². The van der Waals surface area contributed by atoms with Crippen LogP contribution in [0.5, 0.6) is 0 Å². The fraction of sp³-hybridized carbons (Fsp3) is 0.571. The highest BCUT2D eigenvalue weighted by atomic mass is 15.0. The minimum atomic E-state index is 0.249. The van der Waals surface area contributed by atoms with Gasteiger partial charge in [-0.1, -0.05) is 18.2 Å².